The lowest BCUT2D eigenvalue weighted by Crippen LogP contribution is -2.32. The van der Waals surface area contributed by atoms with Crippen LogP contribution in [0.5, 0.6) is 0 Å². The average Bonchev–Trinajstić information content (AvgIpc) is 2.79. The van der Waals surface area contributed by atoms with Crippen molar-refractivity contribution in [3.63, 3.8) is 0 Å². The average molecular weight is 256 g/mol. The van der Waals surface area contributed by atoms with Crippen LogP contribution in [0, 0.1) is 23.7 Å². The number of hydrogen-bond donors (Lipinski definition) is 1. The molecule has 4 heteroatoms. The second-order valence-electron chi connectivity index (χ2n) is 5.33. The van der Waals surface area contributed by atoms with Crippen LogP contribution in [0.1, 0.15) is 30.0 Å². The number of fused-ring (bicyclic) bond motifs is 1. The standard InChI is InChI=1S/C15H16N2O2/c1-10-4-5-12-11(6-10)7-13(19-12)14(18)17-9-15(2,3)8-16/h4-7H,9H2,1-3H3,(H,17,18). The first-order chi connectivity index (χ1) is 8.91. The predicted octanol–water partition coefficient (Wildman–Crippen LogP) is 3.02. The van der Waals surface area contributed by atoms with Crippen molar-refractivity contribution >= 4 is 16.9 Å². The number of nitriles is 1. The highest BCUT2D eigenvalue weighted by molar-refractivity contribution is 5.96. The first kappa shape index (κ1) is 13.2. The van der Waals surface area contributed by atoms with E-state index in [2.05, 4.69) is 11.4 Å². The molecule has 0 spiro atoms. The number of nitrogens with one attached hydrogen (secondary N) is 1. The van der Waals surface area contributed by atoms with E-state index in [9.17, 15) is 4.79 Å². The van der Waals surface area contributed by atoms with Crippen LogP contribution in [-0.2, 0) is 0 Å². The largest absolute Gasteiger partial charge is 0.451 e. The number of furan rings is 1. The quantitative estimate of drug-likeness (QED) is 0.917. The number of rotatable bonds is 3. The summed E-state index contributed by atoms with van der Waals surface area (Å²) in [5.74, 6) is -0.0217. The van der Waals surface area contributed by atoms with Crippen molar-refractivity contribution in [2.75, 3.05) is 6.54 Å². The van der Waals surface area contributed by atoms with Crippen LogP contribution in [0.2, 0.25) is 0 Å². The van der Waals surface area contributed by atoms with Gasteiger partial charge in [-0.25, -0.2) is 0 Å². The van der Waals surface area contributed by atoms with Gasteiger partial charge in [0.1, 0.15) is 5.58 Å². The summed E-state index contributed by atoms with van der Waals surface area (Å²) in [6, 6.07) is 9.61. The zero-order chi connectivity index (χ0) is 14.0. The summed E-state index contributed by atoms with van der Waals surface area (Å²) in [4.78, 5) is 11.9. The predicted molar refractivity (Wildman–Crippen MR) is 72.7 cm³/mol. The van der Waals surface area contributed by atoms with Crippen LogP contribution < -0.4 is 5.32 Å². The minimum atomic E-state index is -0.585. The number of amides is 1. The molecule has 1 amide bonds. The smallest absolute Gasteiger partial charge is 0.287 e. The summed E-state index contributed by atoms with van der Waals surface area (Å²) in [6.45, 7) is 5.82. The Morgan fingerprint density at radius 3 is 2.84 bits per heavy atom. The van der Waals surface area contributed by atoms with Gasteiger partial charge in [0, 0.05) is 11.9 Å². The van der Waals surface area contributed by atoms with Crippen molar-refractivity contribution in [2.24, 2.45) is 5.41 Å². The molecule has 1 aromatic carbocycles. The molecule has 0 atom stereocenters. The van der Waals surface area contributed by atoms with Crippen LogP contribution in [0.25, 0.3) is 11.0 Å². The van der Waals surface area contributed by atoms with Gasteiger partial charge in [-0.05, 0) is 39.0 Å². The molecule has 1 N–H and O–H groups in total. The Morgan fingerprint density at radius 1 is 1.42 bits per heavy atom. The highest BCUT2D eigenvalue weighted by Crippen LogP contribution is 2.20. The summed E-state index contributed by atoms with van der Waals surface area (Å²) in [5, 5.41) is 12.5. The second-order valence-corrected chi connectivity index (χ2v) is 5.33. The molecule has 0 fully saturated rings. The molecule has 1 aromatic heterocycles. The van der Waals surface area contributed by atoms with Gasteiger partial charge in [-0.15, -0.1) is 0 Å². The fourth-order valence-corrected chi connectivity index (χ4v) is 1.70. The SMILES string of the molecule is Cc1ccc2oc(C(=O)NCC(C)(C)C#N)cc2c1. The summed E-state index contributed by atoms with van der Waals surface area (Å²) >= 11 is 0. The number of nitrogens with zero attached hydrogens (tertiary/aromatic N) is 1. The lowest BCUT2D eigenvalue weighted by Gasteiger charge is -2.14. The molecular formula is C15H16N2O2. The van der Waals surface area contributed by atoms with Crippen LogP contribution in [-0.4, -0.2) is 12.5 Å². The van der Waals surface area contributed by atoms with E-state index in [1.54, 1.807) is 19.9 Å². The molecule has 4 nitrogen and oxygen atoms in total. The lowest BCUT2D eigenvalue weighted by molar-refractivity contribution is 0.0918. The zero-order valence-corrected chi connectivity index (χ0v) is 11.3. The third-order valence-corrected chi connectivity index (χ3v) is 2.89. The van der Waals surface area contributed by atoms with Crippen molar-refractivity contribution in [1.29, 1.82) is 5.26 Å². The van der Waals surface area contributed by atoms with Gasteiger partial charge in [0.2, 0.25) is 0 Å². The van der Waals surface area contributed by atoms with E-state index >= 15 is 0 Å². The minimum Gasteiger partial charge on any atom is -0.451 e. The minimum absolute atomic E-state index is 0.273. The molecule has 0 aliphatic rings. The first-order valence-electron chi connectivity index (χ1n) is 6.11. The molecule has 19 heavy (non-hydrogen) atoms. The van der Waals surface area contributed by atoms with Gasteiger partial charge in [-0.2, -0.15) is 5.26 Å². The Labute approximate surface area is 112 Å². The van der Waals surface area contributed by atoms with Crippen molar-refractivity contribution in [2.45, 2.75) is 20.8 Å². The second kappa shape index (κ2) is 4.77. The molecule has 1 heterocycles. The number of aryl methyl sites for hydroxylation is 1. The maximum atomic E-state index is 11.9. The van der Waals surface area contributed by atoms with E-state index in [-0.39, 0.29) is 11.7 Å². The zero-order valence-electron chi connectivity index (χ0n) is 11.3. The summed E-state index contributed by atoms with van der Waals surface area (Å²) in [7, 11) is 0. The van der Waals surface area contributed by atoms with E-state index in [4.69, 9.17) is 9.68 Å². The Morgan fingerprint density at radius 2 is 2.16 bits per heavy atom. The van der Waals surface area contributed by atoms with Crippen LogP contribution in [0.15, 0.2) is 28.7 Å². The van der Waals surface area contributed by atoms with Gasteiger partial charge in [-0.3, -0.25) is 4.79 Å². The molecular weight excluding hydrogens is 240 g/mol. The Kier molecular flexibility index (Phi) is 3.30. The Balaban J connectivity index is 2.16. The van der Waals surface area contributed by atoms with E-state index in [0.717, 1.165) is 10.9 Å². The van der Waals surface area contributed by atoms with E-state index in [1.807, 2.05) is 25.1 Å². The van der Waals surface area contributed by atoms with Gasteiger partial charge in [0.05, 0.1) is 11.5 Å². The Bertz CT molecular complexity index is 662. The fraction of sp³-hybridized carbons (Fsp3) is 0.333. The molecule has 2 aromatic rings. The van der Waals surface area contributed by atoms with Crippen LogP contribution in [0.3, 0.4) is 0 Å². The van der Waals surface area contributed by atoms with Crippen molar-refractivity contribution in [3.8, 4) is 6.07 Å². The summed E-state index contributed by atoms with van der Waals surface area (Å²) in [6.07, 6.45) is 0. The van der Waals surface area contributed by atoms with Gasteiger partial charge >= 0.3 is 0 Å². The maximum absolute atomic E-state index is 11.9. The van der Waals surface area contributed by atoms with Crippen molar-refractivity contribution < 1.29 is 9.21 Å². The molecule has 0 aliphatic carbocycles. The van der Waals surface area contributed by atoms with Crippen LogP contribution >= 0.6 is 0 Å². The lowest BCUT2D eigenvalue weighted by atomic mass is 9.96. The number of benzene rings is 1. The molecule has 0 radical (unpaired) electrons. The molecule has 98 valence electrons. The molecule has 0 bridgehead atoms. The molecule has 0 saturated carbocycles. The van der Waals surface area contributed by atoms with Crippen molar-refractivity contribution in [1.82, 2.24) is 5.32 Å². The number of carbonyl (C=O) groups excluding carboxylic acids is 1. The highest BCUT2D eigenvalue weighted by atomic mass is 16.3. The molecule has 0 aliphatic heterocycles. The highest BCUT2D eigenvalue weighted by Gasteiger charge is 2.19. The summed E-state index contributed by atoms with van der Waals surface area (Å²) < 4.78 is 5.49. The topological polar surface area (TPSA) is 66.0 Å². The van der Waals surface area contributed by atoms with Crippen LogP contribution in [0.4, 0.5) is 0 Å². The molecule has 2 rings (SSSR count). The Hall–Kier alpha value is -2.28. The van der Waals surface area contributed by atoms with Crippen molar-refractivity contribution in [3.05, 3.63) is 35.6 Å². The maximum Gasteiger partial charge on any atom is 0.287 e. The van der Waals surface area contributed by atoms with E-state index in [1.165, 1.54) is 0 Å². The number of carbonyl (C=O) groups is 1. The first-order valence-corrected chi connectivity index (χ1v) is 6.11. The van der Waals surface area contributed by atoms with Gasteiger partial charge in [0.25, 0.3) is 5.91 Å². The van der Waals surface area contributed by atoms with Gasteiger partial charge in [-0.1, -0.05) is 11.6 Å². The van der Waals surface area contributed by atoms with E-state index < -0.39 is 5.41 Å². The third kappa shape index (κ3) is 2.94. The third-order valence-electron chi connectivity index (χ3n) is 2.89. The van der Waals surface area contributed by atoms with E-state index in [0.29, 0.717) is 12.1 Å². The molecule has 0 saturated heterocycles. The normalized spacial score (nSPS) is 11.3. The van der Waals surface area contributed by atoms with Gasteiger partial charge in [0.15, 0.2) is 5.76 Å². The summed E-state index contributed by atoms with van der Waals surface area (Å²) in [5.41, 5.74) is 1.22. The monoisotopic (exact) mass is 256 g/mol. The molecule has 0 unspecified atom stereocenters. The fourth-order valence-electron chi connectivity index (χ4n) is 1.70. The van der Waals surface area contributed by atoms with Gasteiger partial charge < -0.3 is 9.73 Å². The number of hydrogen-bond acceptors (Lipinski definition) is 3.